The average molecular weight is 321 g/mol. The van der Waals surface area contributed by atoms with Crippen LogP contribution < -0.4 is 5.73 Å². The van der Waals surface area contributed by atoms with Gasteiger partial charge in [-0.3, -0.25) is 0 Å². The van der Waals surface area contributed by atoms with Crippen molar-refractivity contribution in [3.8, 4) is 0 Å². The molecule has 1 aromatic rings. The van der Waals surface area contributed by atoms with E-state index in [0.717, 1.165) is 0 Å². The van der Waals surface area contributed by atoms with E-state index in [1.54, 1.807) is 0 Å². The van der Waals surface area contributed by atoms with E-state index in [0.29, 0.717) is 30.1 Å². The van der Waals surface area contributed by atoms with Crippen molar-refractivity contribution >= 4 is 33.2 Å². The summed E-state index contributed by atoms with van der Waals surface area (Å²) < 4.78 is 26.4. The zero-order chi connectivity index (χ0) is 14.0. The molecule has 2 N–H and O–H groups in total. The molecule has 19 heavy (non-hydrogen) atoms. The molecule has 0 spiro atoms. The molecular weight excluding hydrogens is 307 g/mol. The van der Waals surface area contributed by atoms with Crippen LogP contribution in [-0.4, -0.2) is 25.8 Å². The number of benzene rings is 1. The van der Waals surface area contributed by atoms with E-state index in [1.165, 1.54) is 16.4 Å². The number of rotatable bonds is 3. The summed E-state index contributed by atoms with van der Waals surface area (Å²) in [4.78, 5) is 0.0642. The van der Waals surface area contributed by atoms with Gasteiger partial charge in [0.2, 0.25) is 10.0 Å². The summed E-state index contributed by atoms with van der Waals surface area (Å²) >= 11 is 12.1. The first kappa shape index (κ1) is 14.8. The molecule has 0 aliphatic carbocycles. The lowest BCUT2D eigenvalue weighted by molar-refractivity contribution is 0.437. The van der Waals surface area contributed by atoms with Gasteiger partial charge in [0, 0.05) is 30.2 Å². The fourth-order valence-corrected chi connectivity index (χ4v) is 4.25. The zero-order valence-electron chi connectivity index (χ0n) is 10.1. The normalized spacial score (nSPS) is 16.8. The van der Waals surface area contributed by atoms with Crippen molar-refractivity contribution in [1.82, 2.24) is 4.31 Å². The topological polar surface area (TPSA) is 63.4 Å². The average Bonchev–Trinajstić information content (AvgIpc) is 2.40. The maximum atomic E-state index is 12.5. The number of nitrogens with zero attached hydrogens (tertiary/aromatic N) is 1. The van der Waals surface area contributed by atoms with Crippen molar-refractivity contribution in [3.05, 3.63) is 39.9 Å². The Bertz CT molecular complexity index is 614. The summed E-state index contributed by atoms with van der Waals surface area (Å²) in [6, 6.07) is 2.94. The Morgan fingerprint density at radius 2 is 2.00 bits per heavy atom. The lowest BCUT2D eigenvalue weighted by Gasteiger charge is -2.23. The molecule has 0 saturated carbocycles. The molecule has 0 unspecified atom stereocenters. The first-order valence-corrected chi connectivity index (χ1v) is 8.00. The predicted octanol–water partition coefficient (Wildman–Crippen LogP) is 2.40. The van der Waals surface area contributed by atoms with Gasteiger partial charge in [0.05, 0.1) is 5.02 Å². The molecule has 0 aromatic heterocycles. The Morgan fingerprint density at radius 1 is 1.26 bits per heavy atom. The molecule has 1 heterocycles. The first-order valence-electron chi connectivity index (χ1n) is 5.80. The lowest BCUT2D eigenvalue weighted by atomic mass is 10.2. The van der Waals surface area contributed by atoms with E-state index in [-0.39, 0.29) is 16.5 Å². The summed E-state index contributed by atoms with van der Waals surface area (Å²) in [7, 11) is -3.61. The SMILES string of the molecule is NCc1c(Cl)ccc(S(=O)(=O)N2CC=CCC2)c1Cl. The van der Waals surface area contributed by atoms with Crippen molar-refractivity contribution in [2.45, 2.75) is 17.9 Å². The summed E-state index contributed by atoms with van der Waals surface area (Å²) in [6.45, 7) is 0.913. The third-order valence-electron chi connectivity index (χ3n) is 2.99. The highest BCUT2D eigenvalue weighted by Gasteiger charge is 2.28. The lowest BCUT2D eigenvalue weighted by Crippen LogP contribution is -2.34. The molecular formula is C12H14Cl2N2O2S. The van der Waals surface area contributed by atoms with Crippen LogP contribution in [0.5, 0.6) is 0 Å². The Balaban J connectivity index is 2.49. The van der Waals surface area contributed by atoms with Crippen LogP contribution in [0.25, 0.3) is 0 Å². The monoisotopic (exact) mass is 320 g/mol. The van der Waals surface area contributed by atoms with Gasteiger partial charge in [-0.25, -0.2) is 8.42 Å². The van der Waals surface area contributed by atoms with Crippen LogP contribution in [0, 0.1) is 0 Å². The molecule has 0 atom stereocenters. The molecule has 0 bridgehead atoms. The van der Waals surface area contributed by atoms with Crippen molar-refractivity contribution in [2.75, 3.05) is 13.1 Å². The number of nitrogens with two attached hydrogens (primary N) is 1. The molecule has 1 aromatic carbocycles. The van der Waals surface area contributed by atoms with E-state index in [2.05, 4.69) is 0 Å². The maximum Gasteiger partial charge on any atom is 0.244 e. The quantitative estimate of drug-likeness (QED) is 0.870. The third-order valence-corrected chi connectivity index (χ3v) is 5.80. The minimum absolute atomic E-state index is 0.0642. The van der Waals surface area contributed by atoms with Crippen LogP contribution in [-0.2, 0) is 16.6 Å². The maximum absolute atomic E-state index is 12.5. The van der Waals surface area contributed by atoms with Gasteiger partial charge in [0.1, 0.15) is 4.90 Å². The Kier molecular flexibility index (Phi) is 4.53. The molecule has 0 fully saturated rings. The first-order chi connectivity index (χ1) is 8.98. The summed E-state index contributed by atoms with van der Waals surface area (Å²) in [5.41, 5.74) is 6.01. The minimum Gasteiger partial charge on any atom is -0.326 e. The molecule has 7 heteroatoms. The van der Waals surface area contributed by atoms with Crippen LogP contribution >= 0.6 is 23.2 Å². The molecule has 2 rings (SSSR count). The van der Waals surface area contributed by atoms with Crippen molar-refractivity contribution in [1.29, 1.82) is 0 Å². The second-order valence-electron chi connectivity index (χ2n) is 4.17. The third kappa shape index (κ3) is 2.80. The molecule has 104 valence electrons. The highest BCUT2D eigenvalue weighted by atomic mass is 35.5. The minimum atomic E-state index is -3.61. The zero-order valence-corrected chi connectivity index (χ0v) is 12.5. The van der Waals surface area contributed by atoms with Gasteiger partial charge in [-0.15, -0.1) is 0 Å². The van der Waals surface area contributed by atoms with Gasteiger partial charge in [0.15, 0.2) is 0 Å². The molecule has 0 amide bonds. The van der Waals surface area contributed by atoms with Gasteiger partial charge < -0.3 is 5.73 Å². The fraction of sp³-hybridized carbons (Fsp3) is 0.333. The fourth-order valence-electron chi connectivity index (χ4n) is 1.94. The highest BCUT2D eigenvalue weighted by Crippen LogP contribution is 2.32. The number of sulfonamides is 1. The summed E-state index contributed by atoms with van der Waals surface area (Å²) in [5.74, 6) is 0. The second-order valence-corrected chi connectivity index (χ2v) is 6.86. The van der Waals surface area contributed by atoms with Crippen molar-refractivity contribution in [3.63, 3.8) is 0 Å². The van der Waals surface area contributed by atoms with Crippen LogP contribution in [0.1, 0.15) is 12.0 Å². The van der Waals surface area contributed by atoms with Gasteiger partial charge >= 0.3 is 0 Å². The van der Waals surface area contributed by atoms with Crippen LogP contribution in [0.15, 0.2) is 29.2 Å². The van der Waals surface area contributed by atoms with Crippen molar-refractivity contribution < 1.29 is 8.42 Å². The summed E-state index contributed by atoms with van der Waals surface area (Å²) in [5, 5.41) is 0.495. The van der Waals surface area contributed by atoms with Gasteiger partial charge in [-0.1, -0.05) is 35.4 Å². The second kappa shape index (κ2) is 5.81. The van der Waals surface area contributed by atoms with Crippen LogP contribution in [0.3, 0.4) is 0 Å². The van der Waals surface area contributed by atoms with E-state index < -0.39 is 10.0 Å². The van der Waals surface area contributed by atoms with E-state index in [1.807, 2.05) is 12.2 Å². The van der Waals surface area contributed by atoms with E-state index in [9.17, 15) is 8.42 Å². The summed E-state index contributed by atoms with van der Waals surface area (Å²) in [6.07, 6.45) is 4.49. The van der Waals surface area contributed by atoms with Gasteiger partial charge in [0.25, 0.3) is 0 Å². The van der Waals surface area contributed by atoms with Crippen molar-refractivity contribution in [2.24, 2.45) is 5.73 Å². The molecule has 1 aliphatic heterocycles. The Hall–Kier alpha value is -0.590. The Morgan fingerprint density at radius 3 is 2.58 bits per heavy atom. The number of hydrogen-bond donors (Lipinski definition) is 1. The number of halogens is 2. The van der Waals surface area contributed by atoms with Gasteiger partial charge in [-0.05, 0) is 18.6 Å². The van der Waals surface area contributed by atoms with E-state index in [4.69, 9.17) is 28.9 Å². The van der Waals surface area contributed by atoms with Crippen LogP contribution in [0.2, 0.25) is 10.0 Å². The van der Waals surface area contributed by atoms with Gasteiger partial charge in [-0.2, -0.15) is 4.31 Å². The van der Waals surface area contributed by atoms with Crippen LogP contribution in [0.4, 0.5) is 0 Å². The Labute approximate surface area is 122 Å². The molecule has 0 radical (unpaired) electrons. The highest BCUT2D eigenvalue weighted by molar-refractivity contribution is 7.89. The van der Waals surface area contributed by atoms with E-state index >= 15 is 0 Å². The predicted molar refractivity (Wildman–Crippen MR) is 76.9 cm³/mol. The largest absolute Gasteiger partial charge is 0.326 e. The number of hydrogen-bond acceptors (Lipinski definition) is 3. The smallest absolute Gasteiger partial charge is 0.244 e. The molecule has 4 nitrogen and oxygen atoms in total. The molecule has 0 saturated heterocycles. The molecule has 1 aliphatic rings. The standard InChI is InChI=1S/C12H14Cl2N2O2S/c13-10-4-5-11(12(14)9(10)8-15)19(17,18)16-6-2-1-3-7-16/h1-2,4-5H,3,6-8,15H2.